The number of carbonyl (C=O) groups is 1. The molecular formula is C25H21F2N3O3S. The Labute approximate surface area is 198 Å². The number of carbonyl (C=O) groups excluding carboxylic acids is 1. The summed E-state index contributed by atoms with van der Waals surface area (Å²) in [5.74, 6) is -0.716. The van der Waals surface area contributed by atoms with Gasteiger partial charge in [-0.25, -0.2) is 13.8 Å². The Bertz CT molecular complexity index is 1340. The summed E-state index contributed by atoms with van der Waals surface area (Å²) in [6.07, 6.45) is 0. The fourth-order valence-electron chi connectivity index (χ4n) is 3.70. The smallest absolute Gasteiger partial charge is 0.275 e. The quantitative estimate of drug-likeness (QED) is 0.353. The van der Waals surface area contributed by atoms with Crippen LogP contribution in [0.25, 0.3) is 21.9 Å². The summed E-state index contributed by atoms with van der Waals surface area (Å²) < 4.78 is 38.7. The Morgan fingerprint density at radius 3 is 2.56 bits per heavy atom. The van der Waals surface area contributed by atoms with Gasteiger partial charge >= 0.3 is 0 Å². The third-order valence-corrected chi connectivity index (χ3v) is 6.53. The molecule has 1 fully saturated rings. The van der Waals surface area contributed by atoms with Crippen molar-refractivity contribution >= 4 is 22.9 Å². The average Bonchev–Trinajstić information content (AvgIpc) is 3.42. The van der Waals surface area contributed by atoms with Gasteiger partial charge in [-0.15, -0.1) is 11.3 Å². The summed E-state index contributed by atoms with van der Waals surface area (Å²) in [4.78, 5) is 17.3. The first-order valence-corrected chi connectivity index (χ1v) is 11.7. The lowest BCUT2D eigenvalue weighted by molar-refractivity contribution is 0.00833. The third-order valence-electron chi connectivity index (χ3n) is 5.67. The van der Waals surface area contributed by atoms with Crippen molar-refractivity contribution in [3.8, 4) is 21.9 Å². The molecule has 174 valence electrons. The summed E-state index contributed by atoms with van der Waals surface area (Å²) in [6, 6.07) is 10.7. The van der Waals surface area contributed by atoms with E-state index in [1.165, 1.54) is 29.5 Å². The largest absolute Gasteiger partial charge is 0.380 e. The van der Waals surface area contributed by atoms with Gasteiger partial charge in [-0.3, -0.25) is 4.79 Å². The number of hydrogen-bond acceptors (Lipinski definition) is 6. The number of thiazole rings is 1. The van der Waals surface area contributed by atoms with E-state index >= 15 is 0 Å². The summed E-state index contributed by atoms with van der Waals surface area (Å²) >= 11 is 1.26. The molecule has 0 spiro atoms. The fraction of sp³-hybridized carbons (Fsp3) is 0.240. The number of rotatable bonds is 6. The predicted octanol–water partition coefficient (Wildman–Crippen LogP) is 6.23. The number of aromatic nitrogens is 2. The molecule has 34 heavy (non-hydrogen) atoms. The first-order chi connectivity index (χ1) is 16.4. The fourth-order valence-corrected chi connectivity index (χ4v) is 4.54. The van der Waals surface area contributed by atoms with E-state index in [0.717, 1.165) is 5.56 Å². The Morgan fingerprint density at radius 2 is 1.91 bits per heavy atom. The molecule has 1 aliphatic rings. The summed E-state index contributed by atoms with van der Waals surface area (Å²) in [6.45, 7) is 5.10. The zero-order valence-electron chi connectivity index (χ0n) is 18.5. The van der Waals surface area contributed by atoms with Crippen LogP contribution in [0.15, 0.2) is 52.4 Å². The van der Waals surface area contributed by atoms with Gasteiger partial charge in [0.2, 0.25) is 0 Å². The molecule has 0 bridgehead atoms. The summed E-state index contributed by atoms with van der Waals surface area (Å²) in [5.41, 5.74) is 3.07. The molecule has 3 heterocycles. The molecule has 0 radical (unpaired) electrons. The van der Waals surface area contributed by atoms with Gasteiger partial charge in [-0.05, 0) is 47.9 Å². The molecule has 1 saturated heterocycles. The molecule has 2 aromatic carbocycles. The maximum atomic E-state index is 14.6. The van der Waals surface area contributed by atoms with Crippen molar-refractivity contribution in [2.75, 3.05) is 18.5 Å². The molecule has 0 aliphatic carbocycles. The zero-order valence-corrected chi connectivity index (χ0v) is 19.3. The Hall–Kier alpha value is -3.43. The number of anilines is 1. The van der Waals surface area contributed by atoms with Gasteiger partial charge < -0.3 is 14.6 Å². The summed E-state index contributed by atoms with van der Waals surface area (Å²) in [7, 11) is 0. The van der Waals surface area contributed by atoms with E-state index in [1.807, 2.05) is 13.8 Å². The van der Waals surface area contributed by atoms with Crippen molar-refractivity contribution in [3.63, 3.8) is 0 Å². The van der Waals surface area contributed by atoms with Crippen LogP contribution in [0.5, 0.6) is 0 Å². The molecule has 4 aromatic rings. The molecule has 0 saturated carbocycles. The monoisotopic (exact) mass is 481 g/mol. The topological polar surface area (TPSA) is 77.2 Å². The predicted molar refractivity (Wildman–Crippen MR) is 125 cm³/mol. The van der Waals surface area contributed by atoms with E-state index in [0.29, 0.717) is 40.8 Å². The molecule has 2 aromatic heterocycles. The summed E-state index contributed by atoms with van der Waals surface area (Å²) in [5, 5.41) is 8.94. The molecule has 1 N–H and O–H groups in total. The van der Waals surface area contributed by atoms with Crippen LogP contribution < -0.4 is 5.32 Å². The van der Waals surface area contributed by atoms with Gasteiger partial charge in [-0.2, -0.15) is 0 Å². The van der Waals surface area contributed by atoms with Crippen molar-refractivity contribution in [2.24, 2.45) is 0 Å². The van der Waals surface area contributed by atoms with Crippen LogP contribution in [0, 0.1) is 11.6 Å². The first-order valence-electron chi connectivity index (χ1n) is 10.8. The van der Waals surface area contributed by atoms with Crippen LogP contribution in [0.2, 0.25) is 0 Å². The van der Waals surface area contributed by atoms with E-state index in [-0.39, 0.29) is 29.0 Å². The zero-order chi connectivity index (χ0) is 23.8. The normalized spacial score (nSPS) is 13.8. The maximum Gasteiger partial charge on any atom is 0.275 e. The number of amides is 1. The van der Waals surface area contributed by atoms with Crippen molar-refractivity contribution in [1.82, 2.24) is 10.1 Å². The lowest BCUT2D eigenvalue weighted by Gasteiger charge is -2.26. The van der Waals surface area contributed by atoms with Crippen LogP contribution in [0.3, 0.4) is 0 Å². The Balaban J connectivity index is 1.42. The van der Waals surface area contributed by atoms with Crippen molar-refractivity contribution < 1.29 is 22.8 Å². The van der Waals surface area contributed by atoms with Gasteiger partial charge in [0.05, 0.1) is 30.2 Å². The number of benzene rings is 2. The van der Waals surface area contributed by atoms with Gasteiger partial charge in [-0.1, -0.05) is 25.1 Å². The molecule has 5 rings (SSSR count). The minimum atomic E-state index is -0.521. The lowest BCUT2D eigenvalue weighted by atomic mass is 9.97. The highest BCUT2D eigenvalue weighted by Crippen LogP contribution is 2.39. The van der Waals surface area contributed by atoms with E-state index in [4.69, 9.17) is 9.26 Å². The van der Waals surface area contributed by atoms with E-state index in [1.54, 1.807) is 29.6 Å². The highest BCUT2D eigenvalue weighted by molar-refractivity contribution is 7.13. The Morgan fingerprint density at radius 1 is 1.15 bits per heavy atom. The maximum absolute atomic E-state index is 14.6. The molecule has 1 aliphatic heterocycles. The highest BCUT2D eigenvalue weighted by atomic mass is 32.1. The van der Waals surface area contributed by atoms with Gasteiger partial charge in [0.1, 0.15) is 22.3 Å². The highest BCUT2D eigenvalue weighted by Gasteiger charge is 2.26. The molecule has 0 unspecified atom stereocenters. The van der Waals surface area contributed by atoms with Crippen LogP contribution >= 0.6 is 11.3 Å². The number of hydrogen-bond donors (Lipinski definition) is 1. The van der Waals surface area contributed by atoms with Crippen molar-refractivity contribution in [1.29, 1.82) is 0 Å². The molecule has 1 amide bonds. The third kappa shape index (κ3) is 4.24. The molecule has 0 atom stereocenters. The molecule has 6 nitrogen and oxygen atoms in total. The first kappa shape index (κ1) is 22.4. The second-order valence-electron chi connectivity index (χ2n) is 8.40. The number of ether oxygens (including phenoxy) is 1. The van der Waals surface area contributed by atoms with Gasteiger partial charge in [0.15, 0.2) is 5.76 Å². The van der Waals surface area contributed by atoms with Crippen LogP contribution in [0.1, 0.15) is 47.4 Å². The molecular weight excluding hydrogens is 460 g/mol. The SMILES string of the molecule is CC(C)c1noc(-c2ccc(F)cc2)c1-c1nc(C(=O)Nc2ccc(C3COC3)cc2F)cs1. The number of nitrogens with one attached hydrogen (secondary N) is 1. The Kier molecular flexibility index (Phi) is 5.97. The number of nitrogens with zero attached hydrogens (tertiary/aromatic N) is 2. The van der Waals surface area contributed by atoms with E-state index < -0.39 is 11.7 Å². The average molecular weight is 482 g/mol. The van der Waals surface area contributed by atoms with Gasteiger partial charge in [0.25, 0.3) is 5.91 Å². The minimum Gasteiger partial charge on any atom is -0.380 e. The van der Waals surface area contributed by atoms with Crippen LogP contribution in [-0.2, 0) is 4.74 Å². The van der Waals surface area contributed by atoms with Gasteiger partial charge in [0, 0.05) is 16.9 Å². The molecule has 9 heteroatoms. The number of halogens is 2. The standard InChI is InChI=1S/C25H21F2N3O3S/c1-13(2)22-21(23(33-30-22)14-3-6-17(26)7-4-14)25-29-20(12-34-25)24(31)28-19-8-5-15(9-18(19)27)16-10-32-11-16/h3-9,12-13,16H,10-11H2,1-2H3,(H,28,31). The lowest BCUT2D eigenvalue weighted by Crippen LogP contribution is -2.25. The van der Waals surface area contributed by atoms with E-state index in [2.05, 4.69) is 15.5 Å². The second kappa shape index (κ2) is 9.08. The van der Waals surface area contributed by atoms with E-state index in [9.17, 15) is 13.6 Å². The minimum absolute atomic E-state index is 0.0304. The van der Waals surface area contributed by atoms with Crippen molar-refractivity contribution in [3.05, 3.63) is 76.4 Å². The van der Waals surface area contributed by atoms with Crippen LogP contribution in [-0.4, -0.2) is 29.3 Å². The second-order valence-corrected chi connectivity index (χ2v) is 9.26. The van der Waals surface area contributed by atoms with Crippen molar-refractivity contribution in [2.45, 2.75) is 25.7 Å². The van der Waals surface area contributed by atoms with Crippen LogP contribution in [0.4, 0.5) is 14.5 Å².